The maximum Gasteiger partial charge on any atom is 0.252 e. The fourth-order valence-electron chi connectivity index (χ4n) is 3.16. The smallest absolute Gasteiger partial charge is 0.252 e. The summed E-state index contributed by atoms with van der Waals surface area (Å²) in [4.78, 5) is 15.1. The number of sulfone groups is 1. The van der Waals surface area contributed by atoms with Crippen molar-refractivity contribution >= 4 is 15.7 Å². The van der Waals surface area contributed by atoms with E-state index < -0.39 is 9.84 Å². The van der Waals surface area contributed by atoms with Gasteiger partial charge in [0.25, 0.3) is 5.91 Å². The number of hydrogen-bond acceptors (Lipinski definition) is 4. The van der Waals surface area contributed by atoms with Crippen molar-refractivity contribution in [3.8, 4) is 0 Å². The molecule has 0 saturated heterocycles. The molecule has 5 nitrogen and oxygen atoms in total. The number of carbonyl (C=O) groups excluding carboxylic acids is 1. The minimum Gasteiger partial charge on any atom is -0.350 e. The molecule has 0 bridgehead atoms. The van der Waals surface area contributed by atoms with Crippen molar-refractivity contribution in [3.05, 3.63) is 65.7 Å². The van der Waals surface area contributed by atoms with E-state index in [9.17, 15) is 13.2 Å². The number of likely N-dealkylation sites (N-methyl/N-ethyl adjacent to an activating group) is 1. The lowest BCUT2D eigenvalue weighted by Gasteiger charge is -2.30. The molecule has 1 atom stereocenters. The van der Waals surface area contributed by atoms with E-state index in [0.717, 1.165) is 18.7 Å². The van der Waals surface area contributed by atoms with Gasteiger partial charge in [-0.25, -0.2) is 8.42 Å². The van der Waals surface area contributed by atoms with Gasteiger partial charge in [-0.15, -0.1) is 0 Å². The van der Waals surface area contributed by atoms with E-state index in [1.807, 2.05) is 30.3 Å². The Morgan fingerprint density at radius 3 is 2.15 bits per heavy atom. The Kier molecular flexibility index (Phi) is 7.56. The van der Waals surface area contributed by atoms with E-state index in [0.29, 0.717) is 6.54 Å². The molecule has 2 aromatic carbocycles. The van der Waals surface area contributed by atoms with Crippen LogP contribution in [0.5, 0.6) is 0 Å². The average molecular weight is 389 g/mol. The molecule has 2 aromatic rings. The number of benzene rings is 2. The van der Waals surface area contributed by atoms with Crippen LogP contribution in [0.3, 0.4) is 0 Å². The molecule has 0 aliphatic carbocycles. The van der Waals surface area contributed by atoms with E-state index in [2.05, 4.69) is 24.1 Å². The SMILES string of the molecule is CCN(CC)[C@H](CNC(=O)c1ccccc1S(=O)(=O)CC)c1ccccc1. The van der Waals surface area contributed by atoms with E-state index in [1.54, 1.807) is 25.1 Å². The van der Waals surface area contributed by atoms with Gasteiger partial charge >= 0.3 is 0 Å². The Hall–Kier alpha value is -2.18. The van der Waals surface area contributed by atoms with Crippen LogP contribution >= 0.6 is 0 Å². The van der Waals surface area contributed by atoms with Gasteiger partial charge in [0.15, 0.2) is 9.84 Å². The van der Waals surface area contributed by atoms with Crippen LogP contribution in [-0.2, 0) is 9.84 Å². The zero-order valence-electron chi connectivity index (χ0n) is 16.2. The van der Waals surface area contributed by atoms with E-state index >= 15 is 0 Å². The number of nitrogens with one attached hydrogen (secondary N) is 1. The van der Waals surface area contributed by atoms with Crippen LogP contribution in [0.4, 0.5) is 0 Å². The van der Waals surface area contributed by atoms with E-state index in [-0.39, 0.29) is 28.2 Å². The van der Waals surface area contributed by atoms with Gasteiger partial charge in [-0.2, -0.15) is 0 Å². The number of rotatable bonds is 9. The summed E-state index contributed by atoms with van der Waals surface area (Å²) in [5, 5.41) is 2.94. The molecule has 0 radical (unpaired) electrons. The Labute approximate surface area is 162 Å². The third-order valence-corrected chi connectivity index (χ3v) is 6.53. The van der Waals surface area contributed by atoms with Crippen LogP contribution in [0.25, 0.3) is 0 Å². The zero-order valence-corrected chi connectivity index (χ0v) is 17.0. The largest absolute Gasteiger partial charge is 0.350 e. The first-order valence-corrected chi connectivity index (χ1v) is 11.0. The van der Waals surface area contributed by atoms with Crippen LogP contribution < -0.4 is 5.32 Å². The van der Waals surface area contributed by atoms with Crippen molar-refractivity contribution in [3.63, 3.8) is 0 Å². The molecule has 2 rings (SSSR count). The summed E-state index contributed by atoms with van der Waals surface area (Å²) in [5.41, 5.74) is 1.32. The van der Waals surface area contributed by atoms with Gasteiger partial charge < -0.3 is 5.32 Å². The second-order valence-electron chi connectivity index (χ2n) is 6.26. The van der Waals surface area contributed by atoms with Crippen molar-refractivity contribution in [1.82, 2.24) is 10.2 Å². The monoisotopic (exact) mass is 388 g/mol. The summed E-state index contributed by atoms with van der Waals surface area (Å²) in [7, 11) is -3.46. The highest BCUT2D eigenvalue weighted by molar-refractivity contribution is 7.91. The third kappa shape index (κ3) is 5.17. The first kappa shape index (κ1) is 21.1. The second kappa shape index (κ2) is 9.67. The molecule has 0 unspecified atom stereocenters. The van der Waals surface area contributed by atoms with Gasteiger partial charge in [0.2, 0.25) is 0 Å². The highest BCUT2D eigenvalue weighted by Gasteiger charge is 2.23. The molecule has 0 aliphatic heterocycles. The summed E-state index contributed by atoms with van der Waals surface area (Å²) in [6, 6.07) is 16.4. The Morgan fingerprint density at radius 2 is 1.56 bits per heavy atom. The van der Waals surface area contributed by atoms with Crippen LogP contribution in [-0.4, -0.2) is 44.6 Å². The highest BCUT2D eigenvalue weighted by Crippen LogP contribution is 2.21. The zero-order chi connectivity index (χ0) is 19.9. The Morgan fingerprint density at radius 1 is 0.963 bits per heavy atom. The molecule has 0 fully saturated rings. The molecule has 146 valence electrons. The fourth-order valence-corrected chi connectivity index (χ4v) is 4.26. The molecule has 1 amide bonds. The predicted molar refractivity (Wildman–Crippen MR) is 109 cm³/mol. The molecule has 27 heavy (non-hydrogen) atoms. The first-order valence-electron chi connectivity index (χ1n) is 9.33. The lowest BCUT2D eigenvalue weighted by molar-refractivity contribution is 0.0931. The lowest BCUT2D eigenvalue weighted by Crippen LogP contribution is -2.38. The summed E-state index contributed by atoms with van der Waals surface area (Å²) < 4.78 is 24.6. The highest BCUT2D eigenvalue weighted by atomic mass is 32.2. The lowest BCUT2D eigenvalue weighted by atomic mass is 10.0. The minimum atomic E-state index is -3.46. The topological polar surface area (TPSA) is 66.5 Å². The molecule has 0 aromatic heterocycles. The quantitative estimate of drug-likeness (QED) is 0.716. The van der Waals surface area contributed by atoms with Gasteiger partial charge in [-0.3, -0.25) is 9.69 Å². The van der Waals surface area contributed by atoms with E-state index in [4.69, 9.17) is 0 Å². The second-order valence-corrected chi connectivity index (χ2v) is 8.50. The standard InChI is InChI=1S/C21H28N2O3S/c1-4-23(5-2)19(17-12-8-7-9-13-17)16-22-21(24)18-14-10-11-15-20(18)27(25,26)6-3/h7-15,19H,4-6,16H2,1-3H3,(H,22,24)/t19-/m1/s1. The number of nitrogens with zero attached hydrogens (tertiary/aromatic N) is 1. The molecule has 0 spiro atoms. The molecular formula is C21H28N2O3S. The normalized spacial score (nSPS) is 12.7. The predicted octanol–water partition coefficient (Wildman–Crippen LogP) is 3.29. The van der Waals surface area contributed by atoms with Gasteiger partial charge in [0, 0.05) is 6.54 Å². The van der Waals surface area contributed by atoms with Crippen LogP contribution in [0.2, 0.25) is 0 Å². The number of hydrogen-bond donors (Lipinski definition) is 1. The first-order chi connectivity index (χ1) is 12.9. The Bertz CT molecular complexity index is 847. The Balaban J connectivity index is 2.25. The molecule has 0 saturated carbocycles. The van der Waals surface area contributed by atoms with Crippen molar-refractivity contribution in [2.24, 2.45) is 0 Å². The molecule has 6 heteroatoms. The number of amides is 1. The van der Waals surface area contributed by atoms with E-state index in [1.165, 1.54) is 6.07 Å². The maximum atomic E-state index is 12.8. The van der Waals surface area contributed by atoms with Gasteiger partial charge in [0.1, 0.15) is 0 Å². The summed E-state index contributed by atoms with van der Waals surface area (Å²) >= 11 is 0. The van der Waals surface area contributed by atoms with Crippen LogP contribution in [0.1, 0.15) is 42.7 Å². The minimum absolute atomic E-state index is 0.0279. The molecule has 0 heterocycles. The average Bonchev–Trinajstić information content (AvgIpc) is 2.71. The molecular weight excluding hydrogens is 360 g/mol. The summed E-state index contributed by atoms with van der Waals surface area (Å²) in [6.45, 7) is 7.87. The van der Waals surface area contributed by atoms with Crippen molar-refractivity contribution in [2.45, 2.75) is 31.7 Å². The van der Waals surface area contributed by atoms with Crippen molar-refractivity contribution in [2.75, 3.05) is 25.4 Å². The summed E-state index contributed by atoms with van der Waals surface area (Å²) in [6.07, 6.45) is 0. The van der Waals surface area contributed by atoms with Gasteiger partial charge in [-0.05, 0) is 30.8 Å². The van der Waals surface area contributed by atoms with Crippen LogP contribution in [0.15, 0.2) is 59.5 Å². The molecule has 1 N–H and O–H groups in total. The van der Waals surface area contributed by atoms with Crippen molar-refractivity contribution < 1.29 is 13.2 Å². The maximum absolute atomic E-state index is 12.8. The third-order valence-electron chi connectivity index (χ3n) is 4.74. The number of carbonyl (C=O) groups is 1. The van der Waals surface area contributed by atoms with Gasteiger partial charge in [-0.1, -0.05) is 63.2 Å². The van der Waals surface area contributed by atoms with Crippen molar-refractivity contribution in [1.29, 1.82) is 0 Å². The van der Waals surface area contributed by atoms with Gasteiger partial charge in [0.05, 0.1) is 22.3 Å². The molecule has 0 aliphatic rings. The van der Waals surface area contributed by atoms with Crippen LogP contribution in [0, 0.1) is 0 Å². The fraction of sp³-hybridized carbons (Fsp3) is 0.381. The summed E-state index contributed by atoms with van der Waals surface area (Å²) in [5.74, 6) is -0.403.